The van der Waals surface area contributed by atoms with Gasteiger partial charge in [0.15, 0.2) is 0 Å². The Morgan fingerprint density at radius 1 is 1.19 bits per heavy atom. The second-order valence-electron chi connectivity index (χ2n) is 5.65. The number of hydrogen-bond donors (Lipinski definition) is 0. The van der Waals surface area contributed by atoms with E-state index in [-0.39, 0.29) is 5.97 Å². The van der Waals surface area contributed by atoms with E-state index in [0.29, 0.717) is 12.3 Å². The summed E-state index contributed by atoms with van der Waals surface area (Å²) in [5, 5.41) is 0. The highest BCUT2D eigenvalue weighted by atomic mass is 16.5. The van der Waals surface area contributed by atoms with Gasteiger partial charge >= 0.3 is 5.97 Å². The Bertz CT molecular complexity index is 414. The van der Waals surface area contributed by atoms with Crippen molar-refractivity contribution in [1.82, 2.24) is 4.90 Å². The molecule has 0 aliphatic heterocycles. The molecule has 0 aliphatic rings. The summed E-state index contributed by atoms with van der Waals surface area (Å²) in [6.45, 7) is 9.30. The smallest absolute Gasteiger partial charge is 0.306 e. The van der Waals surface area contributed by atoms with Crippen molar-refractivity contribution in [3.63, 3.8) is 0 Å². The molecule has 21 heavy (non-hydrogen) atoms. The van der Waals surface area contributed by atoms with Crippen molar-refractivity contribution in [2.75, 3.05) is 20.2 Å². The molecule has 3 heteroatoms. The third kappa shape index (κ3) is 6.30. The Morgan fingerprint density at radius 3 is 2.38 bits per heavy atom. The molecule has 0 N–H and O–H groups in total. The number of ether oxygens (including phenoxy) is 1. The Hall–Kier alpha value is -1.35. The molecule has 0 amide bonds. The molecule has 0 spiro atoms. The van der Waals surface area contributed by atoms with E-state index in [1.165, 1.54) is 24.7 Å². The molecular weight excluding hydrogens is 262 g/mol. The van der Waals surface area contributed by atoms with E-state index in [9.17, 15) is 4.79 Å². The van der Waals surface area contributed by atoms with Crippen LogP contribution >= 0.6 is 0 Å². The topological polar surface area (TPSA) is 29.5 Å². The number of nitrogens with zero attached hydrogens (tertiary/aromatic N) is 1. The van der Waals surface area contributed by atoms with Crippen LogP contribution in [0, 0.1) is 0 Å². The van der Waals surface area contributed by atoms with E-state index in [2.05, 4.69) is 49.9 Å². The first-order valence-electron chi connectivity index (χ1n) is 7.98. The van der Waals surface area contributed by atoms with Crippen LogP contribution < -0.4 is 0 Å². The van der Waals surface area contributed by atoms with Gasteiger partial charge in [-0.1, -0.05) is 45.0 Å². The van der Waals surface area contributed by atoms with Gasteiger partial charge in [-0.15, -0.1) is 0 Å². The van der Waals surface area contributed by atoms with Gasteiger partial charge in [0, 0.05) is 13.1 Å². The molecule has 118 valence electrons. The largest absolute Gasteiger partial charge is 0.469 e. The number of hydrogen-bond acceptors (Lipinski definition) is 3. The monoisotopic (exact) mass is 291 g/mol. The summed E-state index contributed by atoms with van der Waals surface area (Å²) < 4.78 is 4.72. The fourth-order valence-corrected chi connectivity index (χ4v) is 2.38. The minimum atomic E-state index is -0.136. The fourth-order valence-electron chi connectivity index (χ4n) is 2.38. The first-order valence-corrected chi connectivity index (χ1v) is 7.98. The van der Waals surface area contributed by atoms with Crippen molar-refractivity contribution in [3.05, 3.63) is 35.4 Å². The van der Waals surface area contributed by atoms with Gasteiger partial charge < -0.3 is 4.74 Å². The van der Waals surface area contributed by atoms with Crippen LogP contribution in [0.25, 0.3) is 0 Å². The van der Waals surface area contributed by atoms with Crippen LogP contribution in [0.15, 0.2) is 24.3 Å². The Morgan fingerprint density at radius 2 is 1.86 bits per heavy atom. The third-order valence-corrected chi connectivity index (χ3v) is 3.97. The van der Waals surface area contributed by atoms with E-state index in [0.717, 1.165) is 26.1 Å². The molecule has 1 aromatic carbocycles. The van der Waals surface area contributed by atoms with E-state index < -0.39 is 0 Å². The number of carbonyl (C=O) groups excluding carboxylic acids is 1. The molecule has 1 atom stereocenters. The zero-order valence-corrected chi connectivity index (χ0v) is 13.9. The summed E-state index contributed by atoms with van der Waals surface area (Å²) in [4.78, 5) is 13.6. The first kappa shape index (κ1) is 17.7. The maximum atomic E-state index is 11.3. The molecule has 0 aliphatic carbocycles. The van der Waals surface area contributed by atoms with E-state index in [4.69, 9.17) is 4.74 Å². The van der Waals surface area contributed by atoms with E-state index >= 15 is 0 Å². The van der Waals surface area contributed by atoms with Gasteiger partial charge in [0.05, 0.1) is 13.5 Å². The maximum absolute atomic E-state index is 11.3. The van der Waals surface area contributed by atoms with Crippen LogP contribution in [0.3, 0.4) is 0 Å². The Kier molecular flexibility index (Phi) is 8.06. The highest BCUT2D eigenvalue weighted by Crippen LogP contribution is 2.19. The third-order valence-electron chi connectivity index (χ3n) is 3.97. The van der Waals surface area contributed by atoms with Crippen molar-refractivity contribution in [2.24, 2.45) is 0 Å². The van der Waals surface area contributed by atoms with Gasteiger partial charge in [-0.2, -0.15) is 0 Å². The minimum Gasteiger partial charge on any atom is -0.469 e. The summed E-state index contributed by atoms with van der Waals surface area (Å²) in [6, 6.07) is 8.88. The summed E-state index contributed by atoms with van der Waals surface area (Å²) in [5.74, 6) is 0.480. The van der Waals surface area contributed by atoms with E-state index in [1.807, 2.05) is 0 Å². The lowest BCUT2D eigenvalue weighted by molar-refractivity contribution is -0.141. The van der Waals surface area contributed by atoms with E-state index in [1.54, 1.807) is 0 Å². The second kappa shape index (κ2) is 9.56. The van der Waals surface area contributed by atoms with Gasteiger partial charge in [-0.25, -0.2) is 0 Å². The molecule has 3 nitrogen and oxygen atoms in total. The van der Waals surface area contributed by atoms with Crippen LogP contribution in [-0.4, -0.2) is 31.1 Å². The first-order chi connectivity index (χ1) is 10.1. The maximum Gasteiger partial charge on any atom is 0.306 e. The molecule has 0 saturated carbocycles. The molecule has 1 aromatic rings. The molecule has 0 heterocycles. The molecule has 0 radical (unpaired) electrons. The molecule has 0 fully saturated rings. The predicted octanol–water partition coefficient (Wildman–Crippen LogP) is 3.98. The van der Waals surface area contributed by atoms with Gasteiger partial charge in [-0.3, -0.25) is 9.69 Å². The van der Waals surface area contributed by atoms with Crippen molar-refractivity contribution >= 4 is 5.97 Å². The zero-order chi connectivity index (χ0) is 15.7. The molecular formula is C18H29NO2. The van der Waals surface area contributed by atoms with Gasteiger partial charge in [-0.05, 0) is 36.4 Å². The van der Waals surface area contributed by atoms with Gasteiger partial charge in [0.2, 0.25) is 0 Å². The highest BCUT2D eigenvalue weighted by molar-refractivity contribution is 5.69. The Labute approximate surface area is 129 Å². The van der Waals surface area contributed by atoms with Crippen LogP contribution in [0.5, 0.6) is 0 Å². The Balaban J connectivity index is 2.59. The lowest BCUT2D eigenvalue weighted by Crippen LogP contribution is -2.27. The molecule has 1 rings (SSSR count). The van der Waals surface area contributed by atoms with Crippen molar-refractivity contribution in [2.45, 2.75) is 52.5 Å². The molecule has 0 saturated heterocycles. The molecule has 1 unspecified atom stereocenters. The molecule has 0 bridgehead atoms. The number of carbonyl (C=O) groups is 1. The lowest BCUT2D eigenvalue weighted by Gasteiger charge is -2.21. The van der Waals surface area contributed by atoms with Crippen molar-refractivity contribution in [1.29, 1.82) is 0 Å². The number of benzene rings is 1. The predicted molar refractivity (Wildman–Crippen MR) is 87.3 cm³/mol. The highest BCUT2D eigenvalue weighted by Gasteiger charge is 2.09. The summed E-state index contributed by atoms with van der Waals surface area (Å²) in [6.07, 6.45) is 2.72. The standard InChI is InChI=1S/C18H29NO2/c1-5-12-19(13-11-18(20)21-4)14-16-7-9-17(10-8-16)15(3)6-2/h7-10,15H,5-6,11-14H2,1-4H3. The van der Waals surface area contributed by atoms with Crippen LogP contribution in [0.1, 0.15) is 57.1 Å². The summed E-state index contributed by atoms with van der Waals surface area (Å²) in [5.41, 5.74) is 2.71. The minimum absolute atomic E-state index is 0.136. The fraction of sp³-hybridized carbons (Fsp3) is 0.611. The average Bonchev–Trinajstić information content (AvgIpc) is 2.52. The van der Waals surface area contributed by atoms with Crippen molar-refractivity contribution in [3.8, 4) is 0 Å². The number of esters is 1. The SMILES string of the molecule is CCCN(CCC(=O)OC)Cc1ccc(C(C)CC)cc1. The quantitative estimate of drug-likeness (QED) is 0.645. The zero-order valence-electron chi connectivity index (χ0n) is 13.9. The van der Waals surface area contributed by atoms with Gasteiger partial charge in [0.25, 0.3) is 0 Å². The van der Waals surface area contributed by atoms with Crippen LogP contribution in [0.4, 0.5) is 0 Å². The second-order valence-corrected chi connectivity index (χ2v) is 5.65. The summed E-state index contributed by atoms with van der Waals surface area (Å²) in [7, 11) is 1.44. The lowest BCUT2D eigenvalue weighted by atomic mass is 9.97. The number of methoxy groups -OCH3 is 1. The normalized spacial score (nSPS) is 12.4. The van der Waals surface area contributed by atoms with Gasteiger partial charge in [0.1, 0.15) is 0 Å². The summed E-state index contributed by atoms with van der Waals surface area (Å²) >= 11 is 0. The van der Waals surface area contributed by atoms with Crippen molar-refractivity contribution < 1.29 is 9.53 Å². The van der Waals surface area contributed by atoms with Crippen LogP contribution in [-0.2, 0) is 16.1 Å². The van der Waals surface area contributed by atoms with Crippen LogP contribution in [0.2, 0.25) is 0 Å². The molecule has 0 aromatic heterocycles. The average molecular weight is 291 g/mol. The number of rotatable bonds is 9.